The van der Waals surface area contributed by atoms with Crippen molar-refractivity contribution >= 4 is 11.8 Å². The van der Waals surface area contributed by atoms with E-state index in [9.17, 15) is 35.9 Å². The van der Waals surface area contributed by atoms with Crippen molar-refractivity contribution in [2.24, 2.45) is 0 Å². The van der Waals surface area contributed by atoms with Crippen LogP contribution in [0.5, 0.6) is 5.75 Å². The number of aryl methyl sites for hydroxylation is 1. The second-order valence-corrected chi connectivity index (χ2v) is 8.83. The number of likely N-dealkylation sites (tertiary alicyclic amines) is 1. The molecule has 0 aromatic heterocycles. The molecule has 196 valence electrons. The first-order valence-electron chi connectivity index (χ1n) is 11.8. The van der Waals surface area contributed by atoms with Gasteiger partial charge in [-0.3, -0.25) is 14.5 Å². The van der Waals surface area contributed by atoms with Crippen molar-refractivity contribution in [1.29, 1.82) is 0 Å². The molecule has 0 saturated carbocycles. The molecule has 2 aliphatic heterocycles. The third-order valence-electron chi connectivity index (χ3n) is 6.38. The Morgan fingerprint density at radius 2 is 1.57 bits per heavy atom. The normalized spacial score (nSPS) is 17.9. The van der Waals surface area contributed by atoms with E-state index >= 15 is 0 Å². The van der Waals surface area contributed by atoms with Crippen LogP contribution in [0, 0.1) is 0 Å². The van der Waals surface area contributed by atoms with E-state index in [1.54, 1.807) is 13.8 Å². The Morgan fingerprint density at radius 1 is 0.971 bits per heavy atom. The molecule has 2 amide bonds. The van der Waals surface area contributed by atoms with Gasteiger partial charge in [0, 0.05) is 30.5 Å². The monoisotopic (exact) mass is 509 g/mol. The van der Waals surface area contributed by atoms with Crippen LogP contribution in [0.25, 0.3) is 0 Å². The predicted molar refractivity (Wildman–Crippen MR) is 114 cm³/mol. The zero-order valence-electron chi connectivity index (χ0n) is 19.7. The molecule has 3 rings (SSSR count). The van der Waals surface area contributed by atoms with E-state index in [4.69, 9.17) is 4.74 Å². The van der Waals surface area contributed by atoms with Crippen LogP contribution in [0.1, 0.15) is 74.6 Å². The van der Waals surface area contributed by atoms with Crippen molar-refractivity contribution < 1.29 is 45.4 Å². The van der Waals surface area contributed by atoms with Gasteiger partial charge in [0.15, 0.2) is 0 Å². The quantitative estimate of drug-likeness (QED) is 0.229. The molecular formula is C24H29F6NO4. The van der Waals surface area contributed by atoms with E-state index in [2.05, 4.69) is 4.74 Å². The lowest BCUT2D eigenvalue weighted by molar-refractivity contribution is -0.385. The highest BCUT2D eigenvalue weighted by Gasteiger charge is 2.75. The minimum absolute atomic E-state index is 0.121. The lowest BCUT2D eigenvalue weighted by Gasteiger charge is -2.34. The number of carbonyl (C=O) groups is 2. The Hall–Kier alpha value is -2.30. The third-order valence-corrected chi connectivity index (χ3v) is 6.38. The summed E-state index contributed by atoms with van der Waals surface area (Å²) in [7, 11) is 0. The molecule has 0 aliphatic carbocycles. The smallest absolute Gasteiger partial charge is 0.430 e. The van der Waals surface area contributed by atoms with E-state index in [1.165, 1.54) is 4.90 Å². The van der Waals surface area contributed by atoms with Gasteiger partial charge in [0.1, 0.15) is 5.75 Å². The number of halogens is 6. The number of ether oxygens (including phenoxy) is 2. The number of amides is 2. The van der Waals surface area contributed by atoms with Gasteiger partial charge in [0.05, 0.1) is 13.2 Å². The maximum Gasteiger partial charge on any atom is 0.430 e. The average Bonchev–Trinajstić information content (AvgIpc) is 3.30. The van der Waals surface area contributed by atoms with Gasteiger partial charge < -0.3 is 9.47 Å². The van der Waals surface area contributed by atoms with E-state index in [0.29, 0.717) is 37.0 Å². The van der Waals surface area contributed by atoms with Crippen molar-refractivity contribution in [2.45, 2.75) is 89.8 Å². The lowest BCUT2D eigenvalue weighted by Crippen LogP contribution is -2.53. The van der Waals surface area contributed by atoms with Crippen molar-refractivity contribution in [3.05, 3.63) is 28.3 Å². The number of hydrogen-bond acceptors (Lipinski definition) is 4. The minimum atomic E-state index is -5.68. The van der Waals surface area contributed by atoms with Crippen LogP contribution >= 0.6 is 0 Å². The molecule has 0 unspecified atom stereocenters. The van der Waals surface area contributed by atoms with Crippen LogP contribution in [0.15, 0.2) is 6.07 Å². The third kappa shape index (κ3) is 5.01. The molecule has 0 bridgehead atoms. The van der Waals surface area contributed by atoms with Crippen LogP contribution in [-0.4, -0.2) is 42.2 Å². The zero-order chi connectivity index (χ0) is 26.0. The van der Waals surface area contributed by atoms with Gasteiger partial charge in [-0.15, -0.1) is 0 Å². The number of imide groups is 1. The fourth-order valence-electron chi connectivity index (χ4n) is 4.75. The molecule has 5 nitrogen and oxygen atoms in total. The second-order valence-electron chi connectivity index (χ2n) is 8.83. The summed E-state index contributed by atoms with van der Waals surface area (Å²) in [6, 6.07) is 0.947. The number of fused-ring (bicyclic) bond motifs is 1. The molecule has 35 heavy (non-hydrogen) atoms. The molecular weight excluding hydrogens is 480 g/mol. The number of benzene rings is 1. The number of unbranched alkanes of at least 4 members (excludes halogenated alkanes) is 1. The summed E-state index contributed by atoms with van der Waals surface area (Å²) in [5, 5.41) is 0. The number of hydrogen-bond donors (Lipinski definition) is 0. The molecule has 0 spiro atoms. The maximum absolute atomic E-state index is 13.9. The molecule has 2 heterocycles. The summed E-state index contributed by atoms with van der Waals surface area (Å²) in [4.78, 5) is 24.6. The van der Waals surface area contributed by atoms with E-state index in [1.807, 2.05) is 0 Å². The topological polar surface area (TPSA) is 55.8 Å². The van der Waals surface area contributed by atoms with Gasteiger partial charge >= 0.3 is 12.4 Å². The maximum atomic E-state index is 13.9. The van der Waals surface area contributed by atoms with Gasteiger partial charge in [0.25, 0.3) is 5.60 Å². The molecule has 1 saturated heterocycles. The van der Waals surface area contributed by atoms with Crippen molar-refractivity contribution in [1.82, 2.24) is 4.90 Å². The van der Waals surface area contributed by atoms with Crippen LogP contribution in [0.2, 0.25) is 0 Å². The molecule has 1 fully saturated rings. The van der Waals surface area contributed by atoms with Crippen molar-refractivity contribution in [2.75, 3.05) is 13.2 Å². The second kappa shape index (κ2) is 10.4. The highest BCUT2D eigenvalue weighted by atomic mass is 19.4. The molecule has 2 aliphatic rings. The molecule has 0 atom stereocenters. The average molecular weight is 509 g/mol. The van der Waals surface area contributed by atoms with Crippen LogP contribution in [0.3, 0.4) is 0 Å². The Labute approximate surface area is 199 Å². The largest absolute Gasteiger partial charge is 0.493 e. The van der Waals surface area contributed by atoms with E-state index in [0.717, 1.165) is 6.07 Å². The first-order valence-corrected chi connectivity index (χ1v) is 11.8. The zero-order valence-corrected chi connectivity index (χ0v) is 19.7. The van der Waals surface area contributed by atoms with Gasteiger partial charge in [-0.2, -0.15) is 26.3 Å². The van der Waals surface area contributed by atoms with Crippen molar-refractivity contribution in [3.8, 4) is 5.75 Å². The Morgan fingerprint density at radius 3 is 2.11 bits per heavy atom. The number of nitrogens with zero attached hydrogens (tertiary/aromatic N) is 1. The summed E-state index contributed by atoms with van der Waals surface area (Å²) >= 11 is 0. The molecule has 0 N–H and O–H groups in total. The Kier molecular flexibility index (Phi) is 8.08. The number of rotatable bonds is 10. The van der Waals surface area contributed by atoms with Gasteiger partial charge in [0.2, 0.25) is 11.8 Å². The number of alkyl halides is 6. The molecule has 1 aromatic rings. The van der Waals surface area contributed by atoms with Gasteiger partial charge in [-0.05, 0) is 42.9 Å². The van der Waals surface area contributed by atoms with Crippen molar-refractivity contribution in [3.63, 3.8) is 0 Å². The molecule has 11 heteroatoms. The first-order chi connectivity index (χ1) is 16.4. The SMILES string of the molecule is CCCc1cc2c(c(CCC)c1OCCCCN1C(=O)CCC1=O)COC2(C(F)(F)F)C(F)(F)F. The van der Waals surface area contributed by atoms with Gasteiger partial charge in [-0.25, -0.2) is 0 Å². The summed E-state index contributed by atoms with van der Waals surface area (Å²) in [5.41, 5.74) is -4.79. The summed E-state index contributed by atoms with van der Waals surface area (Å²) in [6.45, 7) is 3.14. The summed E-state index contributed by atoms with van der Waals surface area (Å²) in [6.07, 6.45) is -8.58. The van der Waals surface area contributed by atoms with E-state index < -0.39 is 30.1 Å². The highest BCUT2D eigenvalue weighted by Crippen LogP contribution is 2.58. The predicted octanol–water partition coefficient (Wildman–Crippen LogP) is 5.75. The molecule has 0 radical (unpaired) electrons. The lowest BCUT2D eigenvalue weighted by atomic mass is 9.84. The Balaban J connectivity index is 1.90. The summed E-state index contributed by atoms with van der Waals surface area (Å²) < 4.78 is 93.7. The summed E-state index contributed by atoms with van der Waals surface area (Å²) in [5.74, 6) is -0.129. The van der Waals surface area contributed by atoms with Crippen LogP contribution in [0.4, 0.5) is 26.3 Å². The number of carbonyl (C=O) groups excluding carboxylic acids is 2. The van der Waals surface area contributed by atoms with Crippen LogP contribution in [-0.2, 0) is 39.4 Å². The van der Waals surface area contributed by atoms with Crippen LogP contribution < -0.4 is 4.74 Å². The Bertz CT molecular complexity index is 927. The fourth-order valence-corrected chi connectivity index (χ4v) is 4.75. The fraction of sp³-hybridized carbons (Fsp3) is 0.667. The highest BCUT2D eigenvalue weighted by molar-refractivity contribution is 6.01. The minimum Gasteiger partial charge on any atom is -0.493 e. The van der Waals surface area contributed by atoms with E-state index in [-0.39, 0.29) is 61.8 Å². The van der Waals surface area contributed by atoms with Gasteiger partial charge in [-0.1, -0.05) is 26.7 Å². The first kappa shape index (κ1) is 27.3. The molecule has 1 aromatic carbocycles. The standard InChI is InChI=1S/C24H29F6NO4/c1-3-7-15-13-18-17(14-35-22(18,23(25,26)27)24(28,29)30)16(8-4-2)21(15)34-12-6-5-11-31-19(32)9-10-20(31)33/h13H,3-12,14H2,1-2H3.